The molecule has 1 unspecified atom stereocenters. The van der Waals surface area contributed by atoms with Crippen molar-refractivity contribution < 1.29 is 9.50 Å². The molecule has 1 nitrogen and oxygen atoms in total. The second-order valence-electron chi connectivity index (χ2n) is 4.32. The van der Waals surface area contributed by atoms with E-state index < -0.39 is 11.4 Å². The first kappa shape index (κ1) is 11.6. The summed E-state index contributed by atoms with van der Waals surface area (Å²) in [5.41, 5.74) is -0.0469. The molecule has 0 radical (unpaired) electrons. The van der Waals surface area contributed by atoms with Crippen LogP contribution in [0.1, 0.15) is 24.8 Å². The van der Waals surface area contributed by atoms with E-state index in [1.54, 1.807) is 6.07 Å². The Morgan fingerprint density at radius 1 is 1.44 bits per heavy atom. The Hall–Kier alpha value is -0.860. The molecule has 1 N–H and O–H groups in total. The number of allylic oxidation sites excluding steroid dienone is 1. The van der Waals surface area contributed by atoms with Gasteiger partial charge < -0.3 is 5.11 Å². The van der Waals surface area contributed by atoms with Gasteiger partial charge >= 0.3 is 0 Å². The van der Waals surface area contributed by atoms with E-state index >= 15 is 0 Å². The highest BCUT2D eigenvalue weighted by Gasteiger charge is 2.25. The van der Waals surface area contributed by atoms with Gasteiger partial charge in [-0.1, -0.05) is 29.8 Å². The number of aliphatic hydroxyl groups is 1. The number of hydrogen-bond donors (Lipinski definition) is 1. The van der Waals surface area contributed by atoms with E-state index in [1.807, 2.05) is 12.2 Å². The van der Waals surface area contributed by atoms with Crippen LogP contribution in [0.3, 0.4) is 0 Å². The Kier molecular flexibility index (Phi) is 3.31. The lowest BCUT2D eigenvalue weighted by Gasteiger charge is -2.27. The average Bonchev–Trinajstić information content (AvgIpc) is 2.24. The summed E-state index contributed by atoms with van der Waals surface area (Å²) in [6.45, 7) is 0. The summed E-state index contributed by atoms with van der Waals surface area (Å²) >= 11 is 5.61. The number of benzene rings is 1. The Balaban J connectivity index is 2.17. The molecule has 0 saturated carbocycles. The largest absolute Gasteiger partial charge is 0.385 e. The number of hydrogen-bond acceptors (Lipinski definition) is 1. The summed E-state index contributed by atoms with van der Waals surface area (Å²) in [6.07, 6.45) is 6.96. The molecule has 0 heterocycles. The molecule has 0 saturated heterocycles. The zero-order valence-corrected chi connectivity index (χ0v) is 9.67. The lowest BCUT2D eigenvalue weighted by Crippen LogP contribution is -2.30. The normalized spacial score (nSPS) is 24.7. The molecule has 86 valence electrons. The maximum Gasteiger partial charge on any atom is 0.142 e. The van der Waals surface area contributed by atoms with E-state index in [-0.39, 0.29) is 5.02 Å². The van der Waals surface area contributed by atoms with Crippen molar-refractivity contribution in [2.75, 3.05) is 0 Å². The molecule has 3 heteroatoms. The SMILES string of the molecule is OC1(Cc2ccc(Cl)c(F)c2)C=CCCC1. The van der Waals surface area contributed by atoms with Crippen LogP contribution in [0.25, 0.3) is 0 Å². The molecule has 1 atom stereocenters. The van der Waals surface area contributed by atoms with Gasteiger partial charge in [0.15, 0.2) is 0 Å². The maximum atomic E-state index is 13.2. The summed E-state index contributed by atoms with van der Waals surface area (Å²) in [4.78, 5) is 0. The van der Waals surface area contributed by atoms with Crippen LogP contribution in [-0.4, -0.2) is 10.7 Å². The first-order chi connectivity index (χ1) is 7.59. The third-order valence-corrected chi connectivity index (χ3v) is 3.21. The van der Waals surface area contributed by atoms with Gasteiger partial charge in [-0.15, -0.1) is 0 Å². The van der Waals surface area contributed by atoms with Crippen molar-refractivity contribution in [3.8, 4) is 0 Å². The monoisotopic (exact) mass is 240 g/mol. The van der Waals surface area contributed by atoms with Gasteiger partial charge in [0.1, 0.15) is 5.82 Å². The van der Waals surface area contributed by atoms with Crippen LogP contribution in [0, 0.1) is 5.82 Å². The van der Waals surface area contributed by atoms with E-state index in [9.17, 15) is 9.50 Å². The molecule has 16 heavy (non-hydrogen) atoms. The van der Waals surface area contributed by atoms with Gasteiger partial charge in [0.25, 0.3) is 0 Å². The molecule has 0 amide bonds. The molecule has 1 aromatic carbocycles. The fourth-order valence-corrected chi connectivity index (χ4v) is 2.18. The van der Waals surface area contributed by atoms with Crippen LogP contribution in [-0.2, 0) is 6.42 Å². The zero-order chi connectivity index (χ0) is 11.6. The summed E-state index contributed by atoms with van der Waals surface area (Å²) in [6, 6.07) is 4.68. The van der Waals surface area contributed by atoms with Crippen LogP contribution in [0.2, 0.25) is 5.02 Å². The van der Waals surface area contributed by atoms with E-state index in [0.717, 1.165) is 24.8 Å². The van der Waals surface area contributed by atoms with Crippen molar-refractivity contribution >= 4 is 11.6 Å². The molecule has 0 spiro atoms. The Bertz CT molecular complexity index is 416. The molecular weight excluding hydrogens is 227 g/mol. The maximum absolute atomic E-state index is 13.2. The van der Waals surface area contributed by atoms with E-state index in [2.05, 4.69) is 0 Å². The topological polar surface area (TPSA) is 20.2 Å². The van der Waals surface area contributed by atoms with Crippen molar-refractivity contribution in [1.29, 1.82) is 0 Å². The van der Waals surface area contributed by atoms with Gasteiger partial charge in [-0.2, -0.15) is 0 Å². The van der Waals surface area contributed by atoms with Crippen LogP contribution in [0.5, 0.6) is 0 Å². The summed E-state index contributed by atoms with van der Waals surface area (Å²) in [5, 5.41) is 10.4. The number of rotatable bonds is 2. The fraction of sp³-hybridized carbons (Fsp3) is 0.385. The third-order valence-electron chi connectivity index (χ3n) is 2.90. The molecule has 1 aliphatic carbocycles. The second kappa shape index (κ2) is 4.56. The molecule has 0 fully saturated rings. The first-order valence-corrected chi connectivity index (χ1v) is 5.81. The van der Waals surface area contributed by atoms with Gasteiger partial charge in [0.2, 0.25) is 0 Å². The van der Waals surface area contributed by atoms with E-state index in [4.69, 9.17) is 11.6 Å². The molecule has 0 bridgehead atoms. The van der Waals surface area contributed by atoms with Crippen LogP contribution in [0.15, 0.2) is 30.4 Å². The molecular formula is C13H14ClFO. The van der Waals surface area contributed by atoms with Gasteiger partial charge in [0, 0.05) is 6.42 Å². The smallest absolute Gasteiger partial charge is 0.142 e. The highest BCUT2D eigenvalue weighted by atomic mass is 35.5. The standard InChI is InChI=1S/C13H14ClFO/c14-11-5-4-10(8-12(11)15)9-13(16)6-2-1-3-7-13/h2,4-6,8,16H,1,3,7,9H2. The molecule has 1 aliphatic rings. The zero-order valence-electron chi connectivity index (χ0n) is 8.92. The second-order valence-corrected chi connectivity index (χ2v) is 4.73. The minimum Gasteiger partial charge on any atom is -0.385 e. The molecule has 2 rings (SSSR count). The molecule has 0 aliphatic heterocycles. The Morgan fingerprint density at radius 2 is 2.25 bits per heavy atom. The average molecular weight is 241 g/mol. The minimum atomic E-state index is -0.821. The van der Waals surface area contributed by atoms with Crippen molar-refractivity contribution in [2.45, 2.75) is 31.3 Å². The van der Waals surface area contributed by atoms with Gasteiger partial charge in [0.05, 0.1) is 10.6 Å². The van der Waals surface area contributed by atoms with E-state index in [1.165, 1.54) is 12.1 Å². The summed E-state index contributed by atoms with van der Waals surface area (Å²) < 4.78 is 13.2. The lowest BCUT2D eigenvalue weighted by molar-refractivity contribution is 0.0751. The van der Waals surface area contributed by atoms with Crippen molar-refractivity contribution in [1.82, 2.24) is 0 Å². The van der Waals surface area contributed by atoms with E-state index in [0.29, 0.717) is 6.42 Å². The van der Waals surface area contributed by atoms with Crippen molar-refractivity contribution in [3.63, 3.8) is 0 Å². The fourth-order valence-electron chi connectivity index (χ4n) is 2.06. The summed E-state index contributed by atoms with van der Waals surface area (Å²) in [5.74, 6) is -0.428. The lowest BCUT2D eigenvalue weighted by atomic mass is 9.85. The predicted octanol–water partition coefficient (Wildman–Crippen LogP) is 3.49. The van der Waals surface area contributed by atoms with Crippen LogP contribution in [0.4, 0.5) is 4.39 Å². The first-order valence-electron chi connectivity index (χ1n) is 5.43. The van der Waals surface area contributed by atoms with Gasteiger partial charge in [-0.25, -0.2) is 4.39 Å². The predicted molar refractivity (Wildman–Crippen MR) is 63.1 cm³/mol. The Morgan fingerprint density at radius 3 is 2.88 bits per heavy atom. The highest BCUT2D eigenvalue weighted by molar-refractivity contribution is 6.30. The molecule has 1 aromatic rings. The van der Waals surface area contributed by atoms with Crippen LogP contribution >= 0.6 is 11.6 Å². The quantitative estimate of drug-likeness (QED) is 0.785. The van der Waals surface area contributed by atoms with Crippen molar-refractivity contribution in [2.24, 2.45) is 0 Å². The van der Waals surface area contributed by atoms with Gasteiger partial charge in [-0.05, 0) is 37.0 Å². The molecule has 0 aromatic heterocycles. The highest BCUT2D eigenvalue weighted by Crippen LogP contribution is 2.27. The van der Waals surface area contributed by atoms with Gasteiger partial charge in [-0.3, -0.25) is 0 Å². The Labute approximate surface area is 99.6 Å². The number of halogens is 2. The third kappa shape index (κ3) is 2.63. The van der Waals surface area contributed by atoms with Crippen molar-refractivity contribution in [3.05, 3.63) is 46.8 Å². The van der Waals surface area contributed by atoms with Crippen LogP contribution < -0.4 is 0 Å². The minimum absolute atomic E-state index is 0.120. The summed E-state index contributed by atoms with van der Waals surface area (Å²) in [7, 11) is 0.